The van der Waals surface area contributed by atoms with Gasteiger partial charge in [0.2, 0.25) is 11.8 Å². The lowest BCUT2D eigenvalue weighted by Gasteiger charge is -2.43. The first-order valence-corrected chi connectivity index (χ1v) is 11.7. The van der Waals surface area contributed by atoms with E-state index in [2.05, 4.69) is 32.8 Å². The molecule has 0 amide bonds. The predicted molar refractivity (Wildman–Crippen MR) is 121 cm³/mol. The monoisotopic (exact) mass is 454 g/mol. The van der Waals surface area contributed by atoms with Crippen molar-refractivity contribution < 1.29 is 13.5 Å². The minimum Gasteiger partial charge on any atom is -0.767 e. The maximum absolute atomic E-state index is 11.0. The van der Waals surface area contributed by atoms with E-state index in [0.29, 0.717) is 18.2 Å². The van der Waals surface area contributed by atoms with Crippen LogP contribution in [0.25, 0.3) is 11.0 Å². The Balaban J connectivity index is 1.60. The number of hydrogen-bond donors (Lipinski definition) is 1. The van der Waals surface area contributed by atoms with Crippen LogP contribution in [0.2, 0.25) is 0 Å². The topological polar surface area (TPSA) is 121 Å². The van der Waals surface area contributed by atoms with Gasteiger partial charge < -0.3 is 14.6 Å². The zero-order chi connectivity index (χ0) is 22.3. The molecule has 1 N–H and O–H groups in total. The van der Waals surface area contributed by atoms with E-state index in [1.54, 1.807) is 19.4 Å². The van der Waals surface area contributed by atoms with E-state index >= 15 is 0 Å². The summed E-state index contributed by atoms with van der Waals surface area (Å²) in [4.78, 5) is 13.2. The molecular formula is C21H24N7O3S-. The average Bonchev–Trinajstić information content (AvgIpc) is 3.20. The number of rotatable bonds is 4. The van der Waals surface area contributed by atoms with Gasteiger partial charge in [0.05, 0.1) is 19.0 Å². The molecule has 3 aromatic heterocycles. The van der Waals surface area contributed by atoms with Crippen molar-refractivity contribution in [3.8, 4) is 0 Å². The smallest absolute Gasteiger partial charge is 0.232 e. The number of fused-ring (bicyclic) bond motifs is 4. The van der Waals surface area contributed by atoms with E-state index in [1.807, 2.05) is 5.01 Å². The second kappa shape index (κ2) is 8.14. The van der Waals surface area contributed by atoms with Crippen LogP contribution < -0.4 is 10.3 Å². The van der Waals surface area contributed by atoms with Crippen molar-refractivity contribution in [1.82, 2.24) is 19.5 Å². The first kappa shape index (κ1) is 20.8. The van der Waals surface area contributed by atoms with E-state index < -0.39 is 11.1 Å². The fourth-order valence-corrected chi connectivity index (χ4v) is 5.03. The summed E-state index contributed by atoms with van der Waals surface area (Å²) in [5.41, 5.74) is 1.06. The molecule has 1 aliphatic heterocycles. The molecule has 0 bridgehead atoms. The Hall–Kier alpha value is -3.05. The van der Waals surface area contributed by atoms with Gasteiger partial charge in [-0.2, -0.15) is 4.98 Å². The minimum absolute atomic E-state index is 0.0159. The highest BCUT2D eigenvalue weighted by Gasteiger charge is 2.46. The molecule has 3 aromatic rings. The first-order chi connectivity index (χ1) is 15.6. The molecule has 1 atom stereocenters. The Morgan fingerprint density at radius 1 is 1.22 bits per heavy atom. The van der Waals surface area contributed by atoms with Crippen molar-refractivity contribution in [2.24, 2.45) is 5.10 Å². The van der Waals surface area contributed by atoms with Crippen molar-refractivity contribution in [2.45, 2.75) is 49.6 Å². The second-order valence-corrected chi connectivity index (χ2v) is 8.86. The maximum Gasteiger partial charge on any atom is 0.232 e. The number of anilines is 3. The molecular weight excluding hydrogens is 430 g/mol. The molecule has 168 valence electrons. The summed E-state index contributed by atoms with van der Waals surface area (Å²) in [6, 6.07) is 5.14. The maximum atomic E-state index is 11.0. The molecule has 0 radical (unpaired) electrons. The van der Waals surface area contributed by atoms with Crippen LogP contribution in [-0.4, -0.2) is 47.8 Å². The fourth-order valence-electron chi connectivity index (χ4n) is 4.72. The fraction of sp³-hybridized carbons (Fsp3) is 0.429. The minimum atomic E-state index is -2.37. The zero-order valence-electron chi connectivity index (χ0n) is 17.9. The Labute approximate surface area is 188 Å². The lowest BCUT2D eigenvalue weighted by molar-refractivity contribution is 0.221. The Morgan fingerprint density at radius 3 is 2.69 bits per heavy atom. The van der Waals surface area contributed by atoms with Gasteiger partial charge in [0.25, 0.3) is 0 Å². The van der Waals surface area contributed by atoms with E-state index in [0.717, 1.165) is 48.4 Å². The van der Waals surface area contributed by atoms with Gasteiger partial charge in [-0.25, -0.2) is 15.0 Å². The quantitative estimate of drug-likeness (QED) is 0.596. The summed E-state index contributed by atoms with van der Waals surface area (Å²) in [7, 11) is 1.69. The van der Waals surface area contributed by atoms with Gasteiger partial charge >= 0.3 is 0 Å². The standard InChI is InChI=1S/C21H25N7O3S/c1-3-27-17-11-14-12-23-20(24-15-7-8-16(22-13-15)32(29)30)25-18(14)28(17)21(19(26-27)31-2)9-5-4-6-10-21/h7-8,11-13H,3-6,9-10H2,1-2H3,(H,29,30)(H,23,24,25)/p-1. The summed E-state index contributed by atoms with van der Waals surface area (Å²) in [5.74, 6) is 2.12. The molecule has 2 aliphatic rings. The van der Waals surface area contributed by atoms with Gasteiger partial charge in [-0.05, 0) is 49.0 Å². The number of hydrazone groups is 1. The molecule has 1 unspecified atom stereocenters. The van der Waals surface area contributed by atoms with E-state index in [4.69, 9.17) is 14.8 Å². The van der Waals surface area contributed by atoms with Gasteiger partial charge in [0.15, 0.2) is 0 Å². The second-order valence-electron chi connectivity index (χ2n) is 7.97. The molecule has 10 nitrogen and oxygen atoms in total. The number of ether oxygens (including phenoxy) is 1. The zero-order valence-corrected chi connectivity index (χ0v) is 18.8. The lowest BCUT2D eigenvalue weighted by atomic mass is 9.80. The summed E-state index contributed by atoms with van der Waals surface area (Å²) in [6.07, 6.45) is 8.53. The highest BCUT2D eigenvalue weighted by molar-refractivity contribution is 7.79. The van der Waals surface area contributed by atoms with Crippen LogP contribution in [0.15, 0.2) is 40.7 Å². The third-order valence-electron chi connectivity index (χ3n) is 6.16. The first-order valence-electron chi connectivity index (χ1n) is 10.7. The summed E-state index contributed by atoms with van der Waals surface area (Å²) in [5, 5.41) is 10.8. The third-order valence-corrected chi connectivity index (χ3v) is 6.74. The van der Waals surface area contributed by atoms with Crippen molar-refractivity contribution in [3.63, 3.8) is 0 Å². The predicted octanol–water partition coefficient (Wildman–Crippen LogP) is 3.27. The number of methoxy groups -OCH3 is 1. The lowest BCUT2D eigenvalue weighted by Crippen LogP contribution is -2.49. The number of hydrogen-bond acceptors (Lipinski definition) is 9. The van der Waals surface area contributed by atoms with Gasteiger partial charge in [-0.3, -0.25) is 8.78 Å². The van der Waals surface area contributed by atoms with Crippen molar-refractivity contribution in [1.29, 1.82) is 0 Å². The van der Waals surface area contributed by atoms with Crippen molar-refractivity contribution in [3.05, 3.63) is 30.6 Å². The van der Waals surface area contributed by atoms with Crippen LogP contribution in [0.3, 0.4) is 0 Å². The summed E-state index contributed by atoms with van der Waals surface area (Å²) >= 11 is -2.37. The third kappa shape index (κ3) is 3.32. The summed E-state index contributed by atoms with van der Waals surface area (Å²) in [6.45, 7) is 2.76. The Kier molecular flexibility index (Phi) is 5.30. The van der Waals surface area contributed by atoms with E-state index in [9.17, 15) is 8.76 Å². The van der Waals surface area contributed by atoms with Gasteiger partial charge in [0, 0.05) is 18.1 Å². The van der Waals surface area contributed by atoms with Gasteiger partial charge in [0.1, 0.15) is 22.0 Å². The molecule has 5 rings (SSSR count). The molecule has 0 saturated heterocycles. The SMILES string of the molecule is CCN1N=C(OC)C2(CCCCC2)n2c1cc1cnc(Nc3ccc(S(=O)[O-])nc3)nc12. The van der Waals surface area contributed by atoms with Crippen molar-refractivity contribution >= 4 is 45.5 Å². The number of nitrogens with one attached hydrogen (secondary N) is 1. The molecule has 0 aromatic carbocycles. The molecule has 1 fully saturated rings. The number of pyridine rings is 1. The highest BCUT2D eigenvalue weighted by Crippen LogP contribution is 2.45. The van der Waals surface area contributed by atoms with Crippen LogP contribution in [-0.2, 0) is 21.4 Å². The van der Waals surface area contributed by atoms with Gasteiger partial charge in [-0.15, -0.1) is 5.10 Å². The molecule has 4 heterocycles. The van der Waals surface area contributed by atoms with Crippen LogP contribution in [0, 0.1) is 0 Å². The average molecular weight is 455 g/mol. The van der Waals surface area contributed by atoms with Crippen LogP contribution in [0.4, 0.5) is 17.5 Å². The molecule has 1 aliphatic carbocycles. The van der Waals surface area contributed by atoms with Crippen LogP contribution in [0.5, 0.6) is 0 Å². The van der Waals surface area contributed by atoms with E-state index in [1.165, 1.54) is 18.7 Å². The normalized spacial score (nSPS) is 18.3. The molecule has 1 spiro atoms. The number of nitrogens with zero attached hydrogens (tertiary/aromatic N) is 6. The number of aromatic nitrogens is 4. The molecule has 32 heavy (non-hydrogen) atoms. The van der Waals surface area contributed by atoms with Gasteiger partial charge in [-0.1, -0.05) is 19.3 Å². The Bertz CT molecular complexity index is 1200. The Morgan fingerprint density at radius 2 is 2.03 bits per heavy atom. The highest BCUT2D eigenvalue weighted by atomic mass is 32.2. The van der Waals surface area contributed by atoms with Crippen molar-refractivity contribution in [2.75, 3.05) is 24.0 Å². The molecule has 11 heteroatoms. The van der Waals surface area contributed by atoms with Crippen LogP contribution >= 0.6 is 0 Å². The summed E-state index contributed by atoms with van der Waals surface area (Å²) < 4.78 is 30.2. The van der Waals surface area contributed by atoms with Crippen LogP contribution in [0.1, 0.15) is 39.0 Å². The largest absolute Gasteiger partial charge is 0.767 e. The molecule has 1 saturated carbocycles. The van der Waals surface area contributed by atoms with E-state index in [-0.39, 0.29) is 10.6 Å².